The van der Waals surface area contributed by atoms with Crippen LogP contribution in [0.2, 0.25) is 0 Å². The number of nitrogens with one attached hydrogen (secondary N) is 1. The first-order chi connectivity index (χ1) is 29.8. The van der Waals surface area contributed by atoms with Gasteiger partial charge in [0, 0.05) is 64.0 Å². The van der Waals surface area contributed by atoms with Crippen molar-refractivity contribution < 1.29 is 33.4 Å². The fourth-order valence-corrected chi connectivity index (χ4v) is 10.4. The van der Waals surface area contributed by atoms with Crippen LogP contribution in [-0.4, -0.2) is 121 Å². The van der Waals surface area contributed by atoms with Crippen molar-refractivity contribution >= 4 is 40.2 Å². The van der Waals surface area contributed by atoms with Crippen molar-refractivity contribution in [3.63, 3.8) is 0 Å². The van der Waals surface area contributed by atoms with Gasteiger partial charge < -0.3 is 28.6 Å². The van der Waals surface area contributed by atoms with Crippen LogP contribution in [0.1, 0.15) is 77.6 Å². The van der Waals surface area contributed by atoms with Crippen LogP contribution in [0.15, 0.2) is 53.6 Å². The number of hydrogen-bond donors (Lipinski definition) is 1. The third kappa shape index (κ3) is 7.69. The van der Waals surface area contributed by atoms with Gasteiger partial charge in [0.25, 0.3) is 17.4 Å². The van der Waals surface area contributed by atoms with Crippen molar-refractivity contribution in [1.29, 1.82) is 0 Å². The Bertz CT molecular complexity index is 2490. The monoisotopic (exact) mass is 845 g/mol. The molecule has 3 saturated heterocycles. The van der Waals surface area contributed by atoms with E-state index in [1.165, 1.54) is 0 Å². The molecule has 4 amide bonds. The average molecular weight is 846 g/mol. The Morgan fingerprint density at radius 2 is 1.52 bits per heavy atom. The molecule has 4 aliphatic heterocycles. The number of aromatic nitrogens is 2. The summed E-state index contributed by atoms with van der Waals surface area (Å²) >= 11 is 0. The number of amides is 4. The Morgan fingerprint density at radius 1 is 0.823 bits per heavy atom. The SMILES string of the molecule is COc1cc(-c2cn(C)c(=O)c3cnc(N(C)C)cc23)cc(OC)c1CN1CCC(CN2CCC3(CC2)CC(Oc2ccc4c(c2)C(=O)N(C2CCC(=O)NC2=O)C4=O)C3)CC1. The molecule has 326 valence electrons. The van der Waals surface area contributed by atoms with E-state index in [-0.39, 0.29) is 41.0 Å². The second-order valence-corrected chi connectivity index (χ2v) is 18.1. The molecular weight excluding hydrogens is 791 g/mol. The Kier molecular flexibility index (Phi) is 11.0. The zero-order valence-corrected chi connectivity index (χ0v) is 36.2. The van der Waals surface area contributed by atoms with Crippen LogP contribution < -0.4 is 30.0 Å². The number of aryl methyl sites for hydroxylation is 1. The summed E-state index contributed by atoms with van der Waals surface area (Å²) in [5.41, 5.74) is 3.51. The number of likely N-dealkylation sites (tertiary alicyclic amines) is 2. The van der Waals surface area contributed by atoms with Crippen LogP contribution in [-0.2, 0) is 23.2 Å². The van der Waals surface area contributed by atoms with Gasteiger partial charge in [0.05, 0.1) is 42.4 Å². The van der Waals surface area contributed by atoms with E-state index < -0.39 is 29.7 Å². The summed E-state index contributed by atoms with van der Waals surface area (Å²) in [6, 6.07) is 10.0. The standard InChI is InChI=1S/C47H55N7O8/c1-50(2)41-21-33-35(24-48-41)44(57)51(3)26-36(33)29-18-39(60-4)37(40(19-29)61-5)27-52-14-10-28(11-15-52)25-53-16-12-47(13-17-53)22-31(23-47)62-30-6-7-32-34(20-30)46(59)54(45(32)58)38-8-9-42(55)49-43(38)56/h6-7,18-21,24,26,28,31,38H,8-17,22-23,25,27H2,1-5H3,(H,49,55,56). The van der Waals surface area contributed by atoms with E-state index in [0.29, 0.717) is 17.1 Å². The number of pyridine rings is 2. The second-order valence-electron chi connectivity index (χ2n) is 18.1. The molecule has 2 aromatic carbocycles. The third-order valence-electron chi connectivity index (χ3n) is 14.0. The predicted octanol–water partition coefficient (Wildman–Crippen LogP) is 4.62. The Morgan fingerprint density at radius 3 is 2.18 bits per heavy atom. The molecule has 2 aromatic heterocycles. The van der Waals surface area contributed by atoms with E-state index in [4.69, 9.17) is 14.2 Å². The van der Waals surface area contributed by atoms with Crippen molar-refractivity contribution in [1.82, 2.24) is 29.6 Å². The van der Waals surface area contributed by atoms with Gasteiger partial charge in [-0.25, -0.2) is 4.98 Å². The van der Waals surface area contributed by atoms with Crippen molar-refractivity contribution in [2.24, 2.45) is 18.4 Å². The summed E-state index contributed by atoms with van der Waals surface area (Å²) in [7, 11) is 9.03. The molecule has 62 heavy (non-hydrogen) atoms. The number of piperidine rings is 3. The van der Waals surface area contributed by atoms with Crippen molar-refractivity contribution in [3.8, 4) is 28.4 Å². The number of benzene rings is 2. The molecule has 6 heterocycles. The predicted molar refractivity (Wildman–Crippen MR) is 233 cm³/mol. The van der Waals surface area contributed by atoms with Crippen molar-refractivity contribution in [3.05, 3.63) is 75.8 Å². The lowest BCUT2D eigenvalue weighted by molar-refractivity contribution is -0.136. The first-order valence-corrected chi connectivity index (χ1v) is 21.7. The van der Waals surface area contributed by atoms with E-state index in [1.807, 2.05) is 31.3 Å². The molecule has 1 saturated carbocycles. The van der Waals surface area contributed by atoms with Gasteiger partial charge in [-0.2, -0.15) is 0 Å². The maximum Gasteiger partial charge on any atom is 0.262 e. The van der Waals surface area contributed by atoms with Gasteiger partial charge in [-0.1, -0.05) is 0 Å². The number of anilines is 1. The summed E-state index contributed by atoms with van der Waals surface area (Å²) in [5.74, 6) is 1.43. The Hall–Kier alpha value is -5.80. The molecule has 1 N–H and O–H groups in total. The smallest absolute Gasteiger partial charge is 0.262 e. The first kappa shape index (κ1) is 41.5. The lowest BCUT2D eigenvalue weighted by atomic mass is 9.61. The zero-order valence-electron chi connectivity index (χ0n) is 36.2. The molecule has 15 heteroatoms. The highest BCUT2D eigenvalue weighted by molar-refractivity contribution is 6.23. The minimum atomic E-state index is -0.988. The van der Waals surface area contributed by atoms with E-state index >= 15 is 0 Å². The van der Waals surface area contributed by atoms with Crippen LogP contribution in [0.5, 0.6) is 17.2 Å². The van der Waals surface area contributed by atoms with Gasteiger partial charge in [0.15, 0.2) is 0 Å². The third-order valence-corrected chi connectivity index (χ3v) is 14.0. The fraction of sp³-hybridized carbons (Fsp3) is 0.489. The number of rotatable bonds is 11. The summed E-state index contributed by atoms with van der Waals surface area (Å²) < 4.78 is 19.9. The maximum absolute atomic E-state index is 13.3. The molecule has 0 radical (unpaired) electrons. The molecule has 1 unspecified atom stereocenters. The highest BCUT2D eigenvalue weighted by Gasteiger charge is 2.48. The number of ether oxygens (including phenoxy) is 3. The minimum absolute atomic E-state index is 0.0538. The number of carbonyl (C=O) groups excluding carboxylic acids is 4. The van der Waals surface area contributed by atoms with Gasteiger partial charge in [-0.05, 0) is 124 Å². The maximum atomic E-state index is 13.3. The number of hydrogen-bond acceptors (Lipinski definition) is 12. The molecule has 1 aliphatic carbocycles. The van der Waals surface area contributed by atoms with Crippen molar-refractivity contribution in [2.45, 2.75) is 70.1 Å². The van der Waals surface area contributed by atoms with Crippen LogP contribution in [0.3, 0.4) is 0 Å². The van der Waals surface area contributed by atoms with Gasteiger partial charge in [-0.3, -0.25) is 39.1 Å². The Labute approximate surface area is 360 Å². The number of imide groups is 2. The quantitative estimate of drug-likeness (QED) is 0.210. The summed E-state index contributed by atoms with van der Waals surface area (Å²) in [5, 5.41) is 3.63. The topological polar surface area (TPSA) is 156 Å². The van der Waals surface area contributed by atoms with Gasteiger partial charge in [0.2, 0.25) is 11.8 Å². The summed E-state index contributed by atoms with van der Waals surface area (Å²) in [6.07, 6.45) is 10.3. The zero-order chi connectivity index (χ0) is 43.4. The van der Waals surface area contributed by atoms with E-state index in [1.54, 1.807) is 50.2 Å². The molecule has 1 atom stereocenters. The Balaban J connectivity index is 0.763. The largest absolute Gasteiger partial charge is 0.496 e. The van der Waals surface area contributed by atoms with Crippen LogP contribution in [0, 0.1) is 11.3 Å². The number of fused-ring (bicyclic) bond motifs is 2. The van der Waals surface area contributed by atoms with E-state index in [2.05, 4.69) is 32.2 Å². The second kappa shape index (κ2) is 16.5. The number of nitrogens with zero attached hydrogens (tertiary/aromatic N) is 6. The molecule has 0 bridgehead atoms. The molecule has 4 aromatic rings. The number of carbonyl (C=O) groups is 4. The number of methoxy groups -OCH3 is 2. The summed E-state index contributed by atoms with van der Waals surface area (Å²) in [4.78, 5) is 76.1. The molecular formula is C47H55N7O8. The van der Waals surface area contributed by atoms with Gasteiger partial charge in [-0.15, -0.1) is 0 Å². The first-order valence-electron chi connectivity index (χ1n) is 21.7. The van der Waals surface area contributed by atoms with Crippen molar-refractivity contribution in [2.75, 3.05) is 65.9 Å². The van der Waals surface area contributed by atoms with E-state index in [0.717, 1.165) is 122 Å². The lowest BCUT2D eigenvalue weighted by Crippen LogP contribution is -2.54. The van der Waals surface area contributed by atoms with Crippen LogP contribution in [0.4, 0.5) is 5.82 Å². The van der Waals surface area contributed by atoms with Gasteiger partial charge in [0.1, 0.15) is 29.1 Å². The molecule has 9 rings (SSSR count). The minimum Gasteiger partial charge on any atom is -0.496 e. The van der Waals surface area contributed by atoms with Gasteiger partial charge >= 0.3 is 0 Å². The average Bonchev–Trinajstić information content (AvgIpc) is 3.50. The normalized spacial score (nSPS) is 21.0. The molecule has 1 spiro atoms. The highest BCUT2D eigenvalue weighted by atomic mass is 16.5. The molecule has 15 nitrogen and oxygen atoms in total. The van der Waals surface area contributed by atoms with E-state index in [9.17, 15) is 24.0 Å². The highest BCUT2D eigenvalue weighted by Crippen LogP contribution is 2.51. The lowest BCUT2D eigenvalue weighted by Gasteiger charge is -2.52. The van der Waals surface area contributed by atoms with Crippen LogP contribution in [0.25, 0.3) is 21.9 Å². The van der Waals surface area contributed by atoms with Crippen LogP contribution >= 0.6 is 0 Å². The molecule has 4 fully saturated rings. The summed E-state index contributed by atoms with van der Waals surface area (Å²) in [6.45, 7) is 5.99. The molecule has 5 aliphatic rings. The fourth-order valence-electron chi connectivity index (χ4n) is 10.4.